The highest BCUT2D eigenvalue weighted by atomic mass is 79.9. The van der Waals surface area contributed by atoms with Gasteiger partial charge in [0.15, 0.2) is 0 Å². The highest BCUT2D eigenvalue weighted by molar-refractivity contribution is 9.10. The molecule has 5 N–H and O–H groups in total. The minimum atomic E-state index is -0.530. The third kappa shape index (κ3) is 29.0. The molecular formula is C52H71BrN12O16. The van der Waals surface area contributed by atoms with Gasteiger partial charge in [-0.2, -0.15) is 15.3 Å². The van der Waals surface area contributed by atoms with Gasteiger partial charge in [0.05, 0.1) is 108 Å². The van der Waals surface area contributed by atoms with Crippen molar-refractivity contribution in [2.45, 2.75) is 52.7 Å². The smallest absolute Gasteiger partial charge is 0.407 e. The number of halogens is 1. The number of nitrogens with two attached hydrogens (primary N) is 1. The topological polar surface area (TPSA) is 340 Å². The predicted octanol–water partition coefficient (Wildman–Crippen LogP) is 5.34. The van der Waals surface area contributed by atoms with E-state index in [-0.39, 0.29) is 12.6 Å². The van der Waals surface area contributed by atoms with Crippen molar-refractivity contribution < 1.29 is 76.1 Å². The van der Waals surface area contributed by atoms with E-state index in [0.29, 0.717) is 113 Å². The molecular weight excluding hydrogens is 1130 g/mol. The van der Waals surface area contributed by atoms with Crippen LogP contribution in [-0.4, -0.2) is 186 Å². The number of aromatic nitrogens is 9. The minimum absolute atomic E-state index is 0.287. The number of ether oxygens (including phenoxy) is 11. The number of methoxy groups -OCH3 is 3. The summed E-state index contributed by atoms with van der Waals surface area (Å²) >= 11 is 3.34. The van der Waals surface area contributed by atoms with Crippen LogP contribution in [-0.2, 0) is 37.9 Å². The molecule has 2 amide bonds. The molecule has 6 aromatic heterocycles. The SMILES string of the molecule is CC(C)(C)OC(=O)NCCOCCOc1cc(Br)ccn1.COC(=O)c1cn[nH]c1.COC(=O)c1cnn(-c2ccnc(OCCOCCN)c2)c1.COC(=O)c1cnn(-c2ccnc(OCCOCCNC(=O)OC(C)(C)C)c2)c1. The van der Waals surface area contributed by atoms with Crippen LogP contribution < -0.4 is 30.6 Å². The number of H-pyrrole nitrogens is 1. The Morgan fingerprint density at radius 2 is 0.963 bits per heavy atom. The summed E-state index contributed by atoms with van der Waals surface area (Å²) in [6, 6.07) is 10.5. The van der Waals surface area contributed by atoms with Gasteiger partial charge in [-0.15, -0.1) is 0 Å². The van der Waals surface area contributed by atoms with Gasteiger partial charge < -0.3 is 68.5 Å². The fraction of sp³-hybridized carbons (Fsp3) is 0.442. The van der Waals surface area contributed by atoms with E-state index in [1.807, 2.05) is 26.8 Å². The Labute approximate surface area is 477 Å². The van der Waals surface area contributed by atoms with E-state index in [1.165, 1.54) is 50.8 Å². The summed E-state index contributed by atoms with van der Waals surface area (Å²) in [7, 11) is 3.97. The number of amides is 2. The van der Waals surface area contributed by atoms with E-state index < -0.39 is 35.3 Å². The van der Waals surface area contributed by atoms with Gasteiger partial charge in [0.1, 0.15) is 31.0 Å². The third-order valence-corrected chi connectivity index (χ3v) is 9.61. The maximum Gasteiger partial charge on any atom is 0.407 e. The van der Waals surface area contributed by atoms with E-state index in [1.54, 1.807) is 86.8 Å². The second-order valence-electron chi connectivity index (χ2n) is 17.9. The van der Waals surface area contributed by atoms with Gasteiger partial charge in [0.25, 0.3) is 0 Å². The van der Waals surface area contributed by atoms with Crippen molar-refractivity contribution in [2.75, 3.05) is 100 Å². The second kappa shape index (κ2) is 36.8. The maximum absolute atomic E-state index is 11.5. The number of hydrogen-bond donors (Lipinski definition) is 4. The van der Waals surface area contributed by atoms with Crippen LogP contribution in [0.3, 0.4) is 0 Å². The number of carbonyl (C=O) groups is 5. The Morgan fingerprint density at radius 1 is 0.556 bits per heavy atom. The molecule has 0 atom stereocenters. The Bertz CT molecular complexity index is 2780. The first-order valence-electron chi connectivity index (χ1n) is 24.9. The number of nitrogens with zero attached hydrogens (tertiary/aromatic N) is 8. The van der Waals surface area contributed by atoms with Crippen molar-refractivity contribution in [3.63, 3.8) is 0 Å². The van der Waals surface area contributed by atoms with Gasteiger partial charge in [-0.05, 0) is 59.7 Å². The molecule has 442 valence electrons. The summed E-state index contributed by atoms with van der Waals surface area (Å²) in [5.41, 5.74) is 6.87. The molecule has 0 unspecified atom stereocenters. The number of esters is 3. The quantitative estimate of drug-likeness (QED) is 0.0319. The van der Waals surface area contributed by atoms with E-state index in [0.717, 1.165) is 10.2 Å². The van der Waals surface area contributed by atoms with Crippen LogP contribution >= 0.6 is 15.9 Å². The number of rotatable bonds is 25. The van der Waals surface area contributed by atoms with E-state index >= 15 is 0 Å². The molecule has 6 rings (SSSR count). The summed E-state index contributed by atoms with van der Waals surface area (Å²) < 4.78 is 60.3. The van der Waals surface area contributed by atoms with Gasteiger partial charge in [-0.1, -0.05) is 15.9 Å². The molecule has 0 saturated heterocycles. The van der Waals surface area contributed by atoms with Gasteiger partial charge >= 0.3 is 30.1 Å². The first kappa shape index (κ1) is 67.0. The Balaban J connectivity index is 0.000000299. The van der Waals surface area contributed by atoms with Crippen LogP contribution in [0.25, 0.3) is 11.4 Å². The highest BCUT2D eigenvalue weighted by Gasteiger charge is 2.17. The van der Waals surface area contributed by atoms with Gasteiger partial charge in [0.2, 0.25) is 17.6 Å². The van der Waals surface area contributed by atoms with E-state index in [4.69, 9.17) is 43.6 Å². The zero-order valence-corrected chi connectivity index (χ0v) is 48.3. The van der Waals surface area contributed by atoms with Gasteiger partial charge in [-0.25, -0.2) is 48.3 Å². The van der Waals surface area contributed by atoms with Crippen molar-refractivity contribution in [1.29, 1.82) is 0 Å². The number of aromatic amines is 1. The summed E-state index contributed by atoms with van der Waals surface area (Å²) in [6.07, 6.45) is 12.8. The lowest BCUT2D eigenvalue weighted by atomic mass is 10.2. The second-order valence-corrected chi connectivity index (χ2v) is 18.8. The first-order chi connectivity index (χ1) is 38.7. The zero-order chi connectivity index (χ0) is 59.5. The Morgan fingerprint density at radius 3 is 1.35 bits per heavy atom. The molecule has 6 aromatic rings. The number of hydrogen-bond acceptors (Lipinski definition) is 23. The lowest BCUT2D eigenvalue weighted by Gasteiger charge is -2.19. The molecule has 6 heterocycles. The lowest BCUT2D eigenvalue weighted by molar-refractivity contribution is 0.0478. The normalized spacial score (nSPS) is 10.7. The average molecular weight is 1200 g/mol. The largest absolute Gasteiger partial charge is 0.475 e. The number of carbonyl (C=O) groups excluding carboxylic acids is 5. The molecule has 0 bridgehead atoms. The summed E-state index contributed by atoms with van der Waals surface area (Å²) in [5.74, 6) is 0.120. The molecule has 0 aliphatic heterocycles. The molecule has 81 heavy (non-hydrogen) atoms. The average Bonchev–Trinajstić information content (AvgIpc) is 4.30. The Kier molecular flexibility index (Phi) is 30.5. The van der Waals surface area contributed by atoms with Gasteiger partial charge in [0, 0.05) is 79.5 Å². The van der Waals surface area contributed by atoms with Crippen molar-refractivity contribution in [1.82, 2.24) is 55.3 Å². The molecule has 0 fully saturated rings. The third-order valence-electron chi connectivity index (χ3n) is 9.11. The summed E-state index contributed by atoms with van der Waals surface area (Å²) in [4.78, 5) is 68.6. The number of nitrogens with one attached hydrogen (secondary N) is 3. The molecule has 28 nitrogen and oxygen atoms in total. The first-order valence-corrected chi connectivity index (χ1v) is 25.7. The zero-order valence-electron chi connectivity index (χ0n) is 46.7. The molecule has 29 heteroatoms. The van der Waals surface area contributed by atoms with Crippen LogP contribution in [0.15, 0.2) is 96.6 Å². The van der Waals surface area contributed by atoms with Crippen LogP contribution in [0.5, 0.6) is 17.6 Å². The lowest BCUT2D eigenvalue weighted by Crippen LogP contribution is -2.34. The van der Waals surface area contributed by atoms with E-state index in [2.05, 4.69) is 76.1 Å². The van der Waals surface area contributed by atoms with Gasteiger partial charge in [-0.3, -0.25) is 5.10 Å². The van der Waals surface area contributed by atoms with Crippen LogP contribution in [0.4, 0.5) is 9.59 Å². The van der Waals surface area contributed by atoms with Crippen molar-refractivity contribution in [3.05, 3.63) is 113 Å². The standard InChI is InChI=1S/C19H26N4O6.C14H21BrN2O4.C14H18N4O4.C5H6N2O2/c1-19(2,3)29-18(25)21-7-8-27-9-10-28-16-11-15(5-6-20-16)23-13-14(12-22-23)17(24)26-4;1-14(2,3)21-13(18)17-6-7-19-8-9-20-12-10-11(15)4-5-16-12;1-20-14(19)11-9-17-18(10-11)12-2-4-16-13(8-12)22-7-6-21-5-3-15;1-9-5(8)4-2-6-7-3-4/h5-6,11-13H,7-10H2,1-4H3,(H,21,25);4-5,10H,6-9H2,1-3H3,(H,17,18);2,4,8-10H,3,5-7,15H2,1H3;2-3H,1H3,(H,6,7). The Hall–Kier alpha value is -8.25. The molecule has 0 aliphatic rings. The molecule has 0 saturated carbocycles. The van der Waals surface area contributed by atoms with Crippen LogP contribution in [0.2, 0.25) is 0 Å². The molecule has 0 aromatic carbocycles. The fourth-order valence-electron chi connectivity index (χ4n) is 5.64. The van der Waals surface area contributed by atoms with Crippen molar-refractivity contribution in [2.24, 2.45) is 5.73 Å². The minimum Gasteiger partial charge on any atom is -0.475 e. The summed E-state index contributed by atoms with van der Waals surface area (Å²) in [5, 5.41) is 19.5. The molecule has 0 spiro atoms. The van der Waals surface area contributed by atoms with Crippen LogP contribution in [0, 0.1) is 0 Å². The predicted molar refractivity (Wildman–Crippen MR) is 294 cm³/mol. The summed E-state index contributed by atoms with van der Waals surface area (Å²) in [6.45, 7) is 15.5. The van der Waals surface area contributed by atoms with E-state index in [9.17, 15) is 24.0 Å². The molecule has 0 radical (unpaired) electrons. The van der Waals surface area contributed by atoms with Crippen LogP contribution in [0.1, 0.15) is 72.6 Å². The fourth-order valence-corrected chi connectivity index (χ4v) is 5.96. The number of alkyl carbamates (subject to hydrolysis) is 2. The molecule has 0 aliphatic carbocycles. The maximum atomic E-state index is 11.5. The number of pyridine rings is 3. The highest BCUT2D eigenvalue weighted by Crippen LogP contribution is 2.17. The monoisotopic (exact) mass is 1200 g/mol. The van der Waals surface area contributed by atoms with Crippen molar-refractivity contribution >= 4 is 46.0 Å². The van der Waals surface area contributed by atoms with Crippen molar-refractivity contribution in [3.8, 4) is 29.0 Å².